The van der Waals surface area contributed by atoms with Crippen molar-refractivity contribution in [2.75, 3.05) is 18.0 Å². The van der Waals surface area contributed by atoms with E-state index in [1.807, 2.05) is 18.2 Å². The number of benzene rings is 1. The number of aryl methyl sites for hydroxylation is 1. The fourth-order valence-corrected chi connectivity index (χ4v) is 4.16. The van der Waals surface area contributed by atoms with E-state index in [1.165, 1.54) is 9.13 Å². The average Bonchev–Trinajstić information content (AvgIpc) is 2.92. The molecule has 1 aromatic heterocycles. The van der Waals surface area contributed by atoms with Crippen molar-refractivity contribution in [3.63, 3.8) is 0 Å². The lowest BCUT2D eigenvalue weighted by Gasteiger charge is -2.32. The van der Waals surface area contributed by atoms with Gasteiger partial charge < -0.3 is 10.0 Å². The molecule has 1 unspecified atom stereocenters. The van der Waals surface area contributed by atoms with E-state index < -0.39 is 17.9 Å². The summed E-state index contributed by atoms with van der Waals surface area (Å²) in [6.45, 7) is 1.29. The zero-order valence-corrected chi connectivity index (χ0v) is 16.8. The summed E-state index contributed by atoms with van der Waals surface area (Å²) in [5.74, 6) is -1.83. The van der Waals surface area contributed by atoms with Gasteiger partial charge >= 0.3 is 11.7 Å². The average molecular weight is 423 g/mol. The summed E-state index contributed by atoms with van der Waals surface area (Å²) in [4.78, 5) is 49.7. The molecule has 3 heterocycles. The number of imide groups is 1. The highest BCUT2D eigenvalue weighted by molar-refractivity contribution is 6.00. The van der Waals surface area contributed by atoms with Gasteiger partial charge in [0.05, 0.1) is 17.0 Å². The van der Waals surface area contributed by atoms with Crippen LogP contribution < -0.4 is 15.9 Å². The first-order chi connectivity index (χ1) is 13.4. The molecule has 4 rings (SSSR count). The maximum absolute atomic E-state index is 12.8. The molecule has 2 fully saturated rings. The highest BCUT2D eigenvalue weighted by atomic mass is 35.5. The monoisotopic (exact) mass is 422 g/mol. The second kappa shape index (κ2) is 7.90. The zero-order valence-electron chi connectivity index (χ0n) is 16.0. The van der Waals surface area contributed by atoms with Gasteiger partial charge in [-0.1, -0.05) is 0 Å². The highest BCUT2D eigenvalue weighted by Gasteiger charge is 2.31. The lowest BCUT2D eigenvalue weighted by Crippen LogP contribution is -2.44. The highest BCUT2D eigenvalue weighted by Crippen LogP contribution is 2.28. The van der Waals surface area contributed by atoms with E-state index in [2.05, 4.69) is 10.2 Å². The number of carbonyl (C=O) groups is 3. The van der Waals surface area contributed by atoms with Crippen LogP contribution in [0, 0.1) is 5.92 Å². The molecule has 9 nitrogen and oxygen atoms in total. The molecule has 0 radical (unpaired) electrons. The van der Waals surface area contributed by atoms with Crippen LogP contribution >= 0.6 is 12.4 Å². The third kappa shape index (κ3) is 3.62. The second-order valence-electron chi connectivity index (χ2n) is 7.45. The summed E-state index contributed by atoms with van der Waals surface area (Å²) < 4.78 is 2.96. The molecular weight excluding hydrogens is 400 g/mol. The van der Waals surface area contributed by atoms with Crippen LogP contribution in [0.15, 0.2) is 23.0 Å². The van der Waals surface area contributed by atoms with Gasteiger partial charge in [-0.15, -0.1) is 12.4 Å². The molecule has 0 bridgehead atoms. The van der Waals surface area contributed by atoms with Crippen molar-refractivity contribution in [3.05, 3.63) is 28.7 Å². The molecule has 2 saturated heterocycles. The number of carboxylic acids is 1. The van der Waals surface area contributed by atoms with Gasteiger partial charge in [-0.2, -0.15) is 0 Å². The van der Waals surface area contributed by atoms with Gasteiger partial charge in [0.15, 0.2) is 0 Å². The first-order valence-electron chi connectivity index (χ1n) is 9.39. The number of piperidine rings is 2. The van der Waals surface area contributed by atoms with Crippen LogP contribution in [0.3, 0.4) is 0 Å². The molecular formula is C19H23ClN4O5. The number of rotatable bonds is 3. The number of hydrogen-bond donors (Lipinski definition) is 2. The Morgan fingerprint density at radius 2 is 1.79 bits per heavy atom. The minimum atomic E-state index is -0.751. The summed E-state index contributed by atoms with van der Waals surface area (Å²) in [5.41, 5.74) is 1.97. The van der Waals surface area contributed by atoms with Crippen molar-refractivity contribution in [1.82, 2.24) is 14.5 Å². The van der Waals surface area contributed by atoms with Gasteiger partial charge in [0.1, 0.15) is 6.04 Å². The summed E-state index contributed by atoms with van der Waals surface area (Å²) >= 11 is 0. The molecule has 0 aliphatic carbocycles. The van der Waals surface area contributed by atoms with Gasteiger partial charge in [-0.3, -0.25) is 28.8 Å². The van der Waals surface area contributed by atoms with Gasteiger partial charge in [0.25, 0.3) is 0 Å². The Kier molecular flexibility index (Phi) is 5.70. The van der Waals surface area contributed by atoms with Crippen LogP contribution in [0.25, 0.3) is 11.0 Å². The third-order valence-electron chi connectivity index (χ3n) is 5.80. The first kappa shape index (κ1) is 20.9. The van der Waals surface area contributed by atoms with Crippen LogP contribution in [-0.2, 0) is 21.4 Å². The molecule has 10 heteroatoms. The molecule has 1 atom stereocenters. The number of carboxylic acid groups (broad SMARTS) is 1. The van der Waals surface area contributed by atoms with Crippen molar-refractivity contribution in [3.8, 4) is 0 Å². The van der Waals surface area contributed by atoms with Crippen LogP contribution in [-0.4, -0.2) is 45.1 Å². The predicted molar refractivity (Wildman–Crippen MR) is 108 cm³/mol. The van der Waals surface area contributed by atoms with Crippen molar-refractivity contribution < 1.29 is 19.5 Å². The summed E-state index contributed by atoms with van der Waals surface area (Å²) in [7, 11) is 1.66. The molecule has 2 amide bonds. The Balaban J connectivity index is 0.00000240. The Bertz CT molecular complexity index is 1040. The molecule has 0 saturated carbocycles. The van der Waals surface area contributed by atoms with E-state index in [4.69, 9.17) is 5.11 Å². The number of nitrogens with one attached hydrogen (secondary N) is 1. The minimum Gasteiger partial charge on any atom is -0.481 e. The first-order valence-corrected chi connectivity index (χ1v) is 9.39. The number of aliphatic carboxylic acids is 1. The van der Waals surface area contributed by atoms with Crippen LogP contribution in [0.4, 0.5) is 5.69 Å². The third-order valence-corrected chi connectivity index (χ3v) is 5.80. The predicted octanol–water partition coefficient (Wildman–Crippen LogP) is 1.04. The molecule has 1 aromatic carbocycles. The van der Waals surface area contributed by atoms with Crippen molar-refractivity contribution in [2.24, 2.45) is 13.0 Å². The van der Waals surface area contributed by atoms with E-state index >= 15 is 0 Å². The quantitative estimate of drug-likeness (QED) is 0.714. The zero-order chi connectivity index (χ0) is 20.0. The van der Waals surface area contributed by atoms with Gasteiger partial charge in [-0.05, 0) is 37.5 Å². The largest absolute Gasteiger partial charge is 0.481 e. The van der Waals surface area contributed by atoms with Crippen molar-refractivity contribution in [2.45, 2.75) is 31.7 Å². The van der Waals surface area contributed by atoms with Crippen molar-refractivity contribution in [1.29, 1.82) is 0 Å². The maximum Gasteiger partial charge on any atom is 0.329 e. The van der Waals surface area contributed by atoms with Crippen LogP contribution in [0.2, 0.25) is 0 Å². The number of amides is 2. The van der Waals surface area contributed by atoms with E-state index in [0.717, 1.165) is 5.69 Å². The smallest absolute Gasteiger partial charge is 0.329 e. The number of fused-ring (bicyclic) bond motifs is 1. The summed E-state index contributed by atoms with van der Waals surface area (Å²) in [6, 6.07) is 4.91. The minimum absolute atomic E-state index is 0. The van der Waals surface area contributed by atoms with Gasteiger partial charge in [0, 0.05) is 32.2 Å². The summed E-state index contributed by atoms with van der Waals surface area (Å²) in [5, 5.41) is 11.5. The number of halogens is 1. The number of hydrogen-bond acceptors (Lipinski definition) is 5. The maximum atomic E-state index is 12.8. The number of carbonyl (C=O) groups excluding carboxylic acids is 2. The Labute approximate surface area is 172 Å². The van der Waals surface area contributed by atoms with Gasteiger partial charge in [0.2, 0.25) is 11.8 Å². The van der Waals surface area contributed by atoms with E-state index in [9.17, 15) is 19.2 Å². The Morgan fingerprint density at radius 3 is 2.41 bits per heavy atom. The van der Waals surface area contributed by atoms with Crippen LogP contribution in [0.1, 0.15) is 31.7 Å². The standard InChI is InChI=1S/C19H22N4O5.ClH/c1-21-15-10-12(22-8-6-11(7-9-22)18(26)27)2-3-13(15)23(19(21)28)14-4-5-16(24)20-17(14)25;/h2-3,10-11,14H,4-9H2,1H3,(H,26,27)(H,20,24,25);1H. The molecule has 2 aliphatic rings. The second-order valence-corrected chi connectivity index (χ2v) is 7.45. The fraction of sp³-hybridized carbons (Fsp3) is 0.474. The number of aromatic nitrogens is 2. The lowest BCUT2D eigenvalue weighted by atomic mass is 9.97. The topological polar surface area (TPSA) is 114 Å². The Hall–Kier alpha value is -2.81. The molecule has 156 valence electrons. The normalized spacial score (nSPS) is 20.4. The molecule has 2 aromatic rings. The van der Waals surface area contributed by atoms with Crippen LogP contribution in [0.5, 0.6) is 0 Å². The molecule has 2 aliphatic heterocycles. The molecule has 29 heavy (non-hydrogen) atoms. The number of nitrogens with zero attached hydrogens (tertiary/aromatic N) is 3. The molecule has 0 spiro atoms. The lowest BCUT2D eigenvalue weighted by molar-refractivity contribution is -0.142. The molecule has 2 N–H and O–H groups in total. The fourth-order valence-electron chi connectivity index (χ4n) is 4.16. The summed E-state index contributed by atoms with van der Waals surface area (Å²) in [6.07, 6.45) is 1.68. The van der Waals surface area contributed by atoms with Gasteiger partial charge in [-0.25, -0.2) is 4.79 Å². The Morgan fingerprint density at radius 1 is 1.10 bits per heavy atom. The van der Waals surface area contributed by atoms with E-state index in [-0.39, 0.29) is 36.3 Å². The SMILES string of the molecule is Cl.Cn1c(=O)n(C2CCC(=O)NC2=O)c2ccc(N3CCC(C(=O)O)CC3)cc21. The number of imidazole rings is 1. The van der Waals surface area contributed by atoms with E-state index in [0.29, 0.717) is 43.4 Å². The van der Waals surface area contributed by atoms with Crippen molar-refractivity contribution >= 4 is 46.9 Å². The van der Waals surface area contributed by atoms with E-state index in [1.54, 1.807) is 7.05 Å². The number of anilines is 1.